The minimum absolute atomic E-state index is 0.0310. The van der Waals surface area contributed by atoms with E-state index in [0.29, 0.717) is 5.69 Å². The quantitative estimate of drug-likeness (QED) is 0.462. The number of anilines is 1. The molecule has 1 rings (SSSR count). The number of hydrogen-bond acceptors (Lipinski definition) is 4. The van der Waals surface area contributed by atoms with Gasteiger partial charge in [0.15, 0.2) is 6.29 Å². The van der Waals surface area contributed by atoms with Crippen LogP contribution in [-0.4, -0.2) is 33.8 Å². The Kier molecular flexibility index (Phi) is 3.67. The number of nitrogens with two attached hydrogens (primary N) is 1. The lowest BCUT2D eigenvalue weighted by Crippen LogP contribution is -2.08. The fourth-order valence-corrected chi connectivity index (χ4v) is 1.08. The Labute approximate surface area is 82.5 Å². The van der Waals surface area contributed by atoms with E-state index < -0.39 is 6.29 Å². The van der Waals surface area contributed by atoms with Gasteiger partial charge in [-0.15, -0.1) is 0 Å². The van der Waals surface area contributed by atoms with Crippen LogP contribution in [0.3, 0.4) is 0 Å². The van der Waals surface area contributed by atoms with Crippen LogP contribution in [0.5, 0.6) is 0 Å². The Morgan fingerprint density at radius 1 is 1.57 bits per heavy atom. The zero-order valence-electron chi connectivity index (χ0n) is 8.09. The lowest BCUT2D eigenvalue weighted by Gasteiger charge is -1.95. The van der Waals surface area contributed by atoms with Gasteiger partial charge < -0.3 is 20.5 Å². The highest BCUT2D eigenvalue weighted by atomic mass is 16.5. The van der Waals surface area contributed by atoms with Gasteiger partial charge in [-0.2, -0.15) is 0 Å². The first-order valence-electron chi connectivity index (χ1n) is 4.44. The molecule has 0 atom stereocenters. The smallest absolute Gasteiger partial charge is 0.171 e. The lowest BCUT2D eigenvalue weighted by molar-refractivity contribution is -0.0303. The van der Waals surface area contributed by atoms with Crippen molar-refractivity contribution >= 4 is 11.9 Å². The summed E-state index contributed by atoms with van der Waals surface area (Å²) in [6.45, 7) is 2.83. The first kappa shape index (κ1) is 10.7. The highest BCUT2D eigenvalue weighted by Crippen LogP contribution is 2.10. The van der Waals surface area contributed by atoms with Crippen molar-refractivity contribution in [2.45, 2.75) is 19.8 Å². The molecule has 0 radical (unpaired) electrons. The van der Waals surface area contributed by atoms with Crippen LogP contribution in [0.25, 0.3) is 0 Å². The predicted octanol–water partition coefficient (Wildman–Crippen LogP) is -0.180. The van der Waals surface area contributed by atoms with Gasteiger partial charge in [0, 0.05) is 30.7 Å². The number of aliphatic imine (C=N–C) groups is 1. The molecule has 0 aliphatic rings. The molecule has 1 heterocycles. The number of hydrogen-bond donors (Lipinski definition) is 3. The van der Waals surface area contributed by atoms with Crippen LogP contribution in [0.2, 0.25) is 0 Å². The van der Waals surface area contributed by atoms with Crippen LogP contribution in [-0.2, 0) is 6.54 Å². The van der Waals surface area contributed by atoms with Crippen LogP contribution < -0.4 is 5.73 Å². The number of aliphatic hydroxyl groups is 2. The summed E-state index contributed by atoms with van der Waals surface area (Å²) in [5.41, 5.74) is 7.14. The third-order valence-electron chi connectivity index (χ3n) is 1.81. The van der Waals surface area contributed by atoms with Crippen LogP contribution in [0.4, 0.5) is 5.69 Å². The number of aryl methyl sites for hydroxylation is 1. The van der Waals surface area contributed by atoms with E-state index in [1.807, 2.05) is 23.9 Å². The molecule has 0 aromatic carbocycles. The molecule has 14 heavy (non-hydrogen) atoms. The summed E-state index contributed by atoms with van der Waals surface area (Å²) in [6.07, 6.45) is 3.82. The average molecular weight is 197 g/mol. The minimum Gasteiger partial charge on any atom is -0.397 e. The number of aromatic nitrogens is 1. The molecule has 4 N–H and O–H groups in total. The first-order valence-corrected chi connectivity index (χ1v) is 4.44. The van der Waals surface area contributed by atoms with Crippen molar-refractivity contribution in [3.8, 4) is 0 Å². The van der Waals surface area contributed by atoms with E-state index in [2.05, 4.69) is 4.99 Å². The predicted molar refractivity (Wildman–Crippen MR) is 55.2 cm³/mol. The molecule has 0 saturated carbocycles. The van der Waals surface area contributed by atoms with Crippen molar-refractivity contribution < 1.29 is 10.2 Å². The summed E-state index contributed by atoms with van der Waals surface area (Å²) in [5, 5.41) is 17.1. The van der Waals surface area contributed by atoms with Crippen molar-refractivity contribution in [2.75, 3.05) is 12.3 Å². The standard InChI is InChI=1S/C9H15N3O2/c1-2-12-5-7(8(10)6-12)3-11-4-9(13)14/h3,5-6,9,13-14H,2,4,10H2,1H3/b11-3-. The van der Waals surface area contributed by atoms with Crippen molar-refractivity contribution in [1.82, 2.24) is 4.57 Å². The summed E-state index contributed by atoms with van der Waals surface area (Å²) in [7, 11) is 0. The molecular formula is C9H15N3O2. The summed E-state index contributed by atoms with van der Waals surface area (Å²) in [5.74, 6) is 0. The van der Waals surface area contributed by atoms with E-state index in [1.165, 1.54) is 0 Å². The zero-order valence-corrected chi connectivity index (χ0v) is 8.09. The highest BCUT2D eigenvalue weighted by molar-refractivity contribution is 5.86. The number of nitrogens with zero attached hydrogens (tertiary/aromatic N) is 2. The number of nitrogen functional groups attached to an aromatic ring is 1. The second-order valence-electron chi connectivity index (χ2n) is 2.97. The van der Waals surface area contributed by atoms with Crippen molar-refractivity contribution in [2.24, 2.45) is 4.99 Å². The van der Waals surface area contributed by atoms with Gasteiger partial charge in [-0.3, -0.25) is 4.99 Å². The maximum Gasteiger partial charge on any atom is 0.171 e. The lowest BCUT2D eigenvalue weighted by atomic mass is 10.3. The minimum atomic E-state index is -1.40. The van der Waals surface area contributed by atoms with Crippen molar-refractivity contribution in [3.05, 3.63) is 18.0 Å². The maximum atomic E-state index is 8.56. The van der Waals surface area contributed by atoms with E-state index in [9.17, 15) is 0 Å². The van der Waals surface area contributed by atoms with E-state index in [-0.39, 0.29) is 6.54 Å². The molecule has 5 nitrogen and oxygen atoms in total. The van der Waals surface area contributed by atoms with Gasteiger partial charge in [-0.25, -0.2) is 0 Å². The normalized spacial score (nSPS) is 11.7. The van der Waals surface area contributed by atoms with E-state index in [1.54, 1.807) is 6.21 Å². The van der Waals surface area contributed by atoms with Crippen LogP contribution in [0.1, 0.15) is 12.5 Å². The first-order chi connectivity index (χ1) is 6.63. The van der Waals surface area contributed by atoms with Gasteiger partial charge in [0.25, 0.3) is 0 Å². The third-order valence-corrected chi connectivity index (χ3v) is 1.81. The summed E-state index contributed by atoms with van der Waals surface area (Å²) >= 11 is 0. The maximum absolute atomic E-state index is 8.56. The summed E-state index contributed by atoms with van der Waals surface area (Å²) in [6, 6.07) is 0. The Bertz CT molecular complexity index is 318. The molecule has 0 aliphatic carbocycles. The Hall–Kier alpha value is -1.33. The van der Waals surface area contributed by atoms with Gasteiger partial charge in [0.1, 0.15) is 0 Å². The molecule has 0 aliphatic heterocycles. The van der Waals surface area contributed by atoms with Crippen LogP contribution >= 0.6 is 0 Å². The van der Waals surface area contributed by atoms with Crippen molar-refractivity contribution in [1.29, 1.82) is 0 Å². The average Bonchev–Trinajstić information content (AvgIpc) is 2.47. The Balaban J connectivity index is 2.66. The van der Waals surface area contributed by atoms with E-state index >= 15 is 0 Å². The molecule has 0 fully saturated rings. The van der Waals surface area contributed by atoms with E-state index in [0.717, 1.165) is 12.1 Å². The molecule has 0 spiro atoms. The third kappa shape index (κ3) is 2.86. The molecule has 0 bridgehead atoms. The summed E-state index contributed by atoms with van der Waals surface area (Å²) in [4.78, 5) is 3.83. The fraction of sp³-hybridized carbons (Fsp3) is 0.444. The van der Waals surface area contributed by atoms with Crippen LogP contribution in [0.15, 0.2) is 17.4 Å². The number of rotatable bonds is 4. The molecule has 0 unspecified atom stereocenters. The molecule has 1 aromatic heterocycles. The Morgan fingerprint density at radius 3 is 2.79 bits per heavy atom. The zero-order chi connectivity index (χ0) is 10.6. The molecular weight excluding hydrogens is 182 g/mol. The summed E-state index contributed by atoms with van der Waals surface area (Å²) < 4.78 is 1.94. The monoisotopic (exact) mass is 197 g/mol. The highest BCUT2D eigenvalue weighted by Gasteiger charge is 1.99. The molecule has 1 aromatic rings. The second-order valence-corrected chi connectivity index (χ2v) is 2.97. The molecule has 0 amide bonds. The van der Waals surface area contributed by atoms with Gasteiger partial charge in [0.2, 0.25) is 0 Å². The van der Waals surface area contributed by atoms with Crippen molar-refractivity contribution in [3.63, 3.8) is 0 Å². The fourth-order valence-electron chi connectivity index (χ4n) is 1.08. The van der Waals surface area contributed by atoms with E-state index in [4.69, 9.17) is 15.9 Å². The van der Waals surface area contributed by atoms with Gasteiger partial charge in [-0.05, 0) is 6.92 Å². The molecule has 5 heteroatoms. The largest absolute Gasteiger partial charge is 0.397 e. The van der Waals surface area contributed by atoms with Gasteiger partial charge in [-0.1, -0.05) is 0 Å². The SMILES string of the molecule is CCn1cc(N)c(/C=N\CC(O)O)c1. The number of aliphatic hydroxyl groups excluding tert-OH is 1. The molecule has 78 valence electrons. The van der Waals surface area contributed by atoms with Gasteiger partial charge in [0.05, 0.1) is 12.2 Å². The molecule has 0 saturated heterocycles. The Morgan fingerprint density at radius 2 is 2.29 bits per heavy atom. The topological polar surface area (TPSA) is 83.8 Å². The second kappa shape index (κ2) is 4.78. The van der Waals surface area contributed by atoms with Gasteiger partial charge >= 0.3 is 0 Å². The van der Waals surface area contributed by atoms with Crippen LogP contribution in [0, 0.1) is 0 Å².